The number of halogens is 2. The standard InChI is InChI=1S/C15H21F2NO/c1-10(12-9-11(16)7-8-13(12)17)18-14-5-3-4-6-15(14)19-2/h7-10,14-15,18H,3-6H2,1-2H3. The second kappa shape index (κ2) is 6.44. The Bertz CT molecular complexity index is 425. The van der Waals surface area contributed by atoms with Crippen molar-refractivity contribution in [2.75, 3.05) is 7.11 Å². The van der Waals surface area contributed by atoms with Crippen LogP contribution in [0.25, 0.3) is 0 Å². The Labute approximate surface area is 113 Å². The second-order valence-corrected chi connectivity index (χ2v) is 5.22. The topological polar surface area (TPSA) is 21.3 Å². The van der Waals surface area contributed by atoms with Gasteiger partial charge in [-0.3, -0.25) is 0 Å². The lowest BCUT2D eigenvalue weighted by Crippen LogP contribution is -2.44. The van der Waals surface area contributed by atoms with Crippen LogP contribution in [-0.2, 0) is 4.74 Å². The summed E-state index contributed by atoms with van der Waals surface area (Å²) in [7, 11) is 1.71. The van der Waals surface area contributed by atoms with Crippen LogP contribution in [0.5, 0.6) is 0 Å². The molecule has 0 aliphatic heterocycles. The monoisotopic (exact) mass is 269 g/mol. The molecule has 2 nitrogen and oxygen atoms in total. The number of hydrogen-bond donors (Lipinski definition) is 1. The molecule has 4 heteroatoms. The van der Waals surface area contributed by atoms with E-state index in [9.17, 15) is 8.78 Å². The molecule has 0 heterocycles. The van der Waals surface area contributed by atoms with Crippen LogP contribution in [0.3, 0.4) is 0 Å². The largest absolute Gasteiger partial charge is 0.380 e. The Balaban J connectivity index is 2.07. The quantitative estimate of drug-likeness (QED) is 0.902. The van der Waals surface area contributed by atoms with Crippen LogP contribution in [0.4, 0.5) is 8.78 Å². The molecular formula is C15H21F2NO. The van der Waals surface area contributed by atoms with Gasteiger partial charge in [-0.15, -0.1) is 0 Å². The first-order valence-corrected chi connectivity index (χ1v) is 6.85. The zero-order valence-corrected chi connectivity index (χ0v) is 11.5. The molecule has 106 valence electrons. The van der Waals surface area contributed by atoms with Gasteiger partial charge in [-0.2, -0.15) is 0 Å². The third kappa shape index (κ3) is 3.51. The van der Waals surface area contributed by atoms with Crippen molar-refractivity contribution < 1.29 is 13.5 Å². The van der Waals surface area contributed by atoms with E-state index in [1.54, 1.807) is 7.11 Å². The van der Waals surface area contributed by atoms with E-state index in [0.29, 0.717) is 5.56 Å². The second-order valence-electron chi connectivity index (χ2n) is 5.22. The van der Waals surface area contributed by atoms with E-state index in [2.05, 4.69) is 5.32 Å². The van der Waals surface area contributed by atoms with Crippen LogP contribution in [0.2, 0.25) is 0 Å². The predicted octanol–water partition coefficient (Wildman–Crippen LogP) is 3.57. The van der Waals surface area contributed by atoms with Crippen molar-refractivity contribution in [2.45, 2.75) is 50.8 Å². The smallest absolute Gasteiger partial charge is 0.128 e. The Morgan fingerprint density at radius 1 is 1.26 bits per heavy atom. The molecule has 0 radical (unpaired) electrons. The summed E-state index contributed by atoms with van der Waals surface area (Å²) in [5.74, 6) is -0.775. The Morgan fingerprint density at radius 2 is 2.00 bits per heavy atom. The van der Waals surface area contributed by atoms with Gasteiger partial charge in [0.1, 0.15) is 11.6 Å². The highest BCUT2D eigenvalue weighted by atomic mass is 19.1. The summed E-state index contributed by atoms with van der Waals surface area (Å²) in [5, 5.41) is 3.37. The molecule has 19 heavy (non-hydrogen) atoms. The van der Waals surface area contributed by atoms with Gasteiger partial charge >= 0.3 is 0 Å². The first-order valence-electron chi connectivity index (χ1n) is 6.85. The highest BCUT2D eigenvalue weighted by Crippen LogP contribution is 2.25. The fraction of sp³-hybridized carbons (Fsp3) is 0.600. The van der Waals surface area contributed by atoms with Gasteiger partial charge in [0.15, 0.2) is 0 Å². The Hall–Kier alpha value is -1.00. The third-order valence-electron chi connectivity index (χ3n) is 3.89. The van der Waals surface area contributed by atoms with Gasteiger partial charge in [0.05, 0.1) is 6.10 Å². The van der Waals surface area contributed by atoms with E-state index in [1.165, 1.54) is 18.6 Å². The van der Waals surface area contributed by atoms with Crippen molar-refractivity contribution in [3.05, 3.63) is 35.4 Å². The fourth-order valence-electron chi connectivity index (χ4n) is 2.83. The lowest BCUT2D eigenvalue weighted by molar-refractivity contribution is 0.0382. The number of nitrogens with one attached hydrogen (secondary N) is 1. The van der Waals surface area contributed by atoms with Crippen molar-refractivity contribution in [3.8, 4) is 0 Å². The number of ether oxygens (including phenoxy) is 1. The van der Waals surface area contributed by atoms with Crippen LogP contribution >= 0.6 is 0 Å². The molecule has 0 amide bonds. The lowest BCUT2D eigenvalue weighted by atomic mass is 9.91. The fourth-order valence-corrected chi connectivity index (χ4v) is 2.83. The lowest BCUT2D eigenvalue weighted by Gasteiger charge is -2.33. The van der Waals surface area contributed by atoms with Crippen molar-refractivity contribution >= 4 is 0 Å². The van der Waals surface area contributed by atoms with Gasteiger partial charge in [-0.1, -0.05) is 12.8 Å². The molecule has 1 aromatic rings. The average molecular weight is 269 g/mol. The summed E-state index contributed by atoms with van der Waals surface area (Å²) >= 11 is 0. The minimum Gasteiger partial charge on any atom is -0.380 e. The van der Waals surface area contributed by atoms with Crippen LogP contribution in [0.15, 0.2) is 18.2 Å². The Morgan fingerprint density at radius 3 is 2.74 bits per heavy atom. The molecule has 0 bridgehead atoms. The molecular weight excluding hydrogens is 248 g/mol. The molecule has 1 aliphatic carbocycles. The summed E-state index contributed by atoms with van der Waals surface area (Å²) < 4.78 is 32.4. The molecule has 1 saturated carbocycles. The molecule has 2 rings (SSSR count). The maximum atomic E-state index is 13.7. The van der Waals surface area contributed by atoms with Gasteiger partial charge in [-0.05, 0) is 38.0 Å². The number of hydrogen-bond acceptors (Lipinski definition) is 2. The van der Waals surface area contributed by atoms with Crippen LogP contribution in [-0.4, -0.2) is 19.3 Å². The Kier molecular flexibility index (Phi) is 4.88. The van der Waals surface area contributed by atoms with E-state index in [1.807, 2.05) is 6.92 Å². The van der Waals surface area contributed by atoms with Crippen LogP contribution < -0.4 is 5.32 Å². The molecule has 0 saturated heterocycles. The van der Waals surface area contributed by atoms with E-state index in [0.717, 1.165) is 25.3 Å². The van der Waals surface area contributed by atoms with Gasteiger partial charge in [-0.25, -0.2) is 8.78 Å². The number of methoxy groups -OCH3 is 1. The van der Waals surface area contributed by atoms with Crippen molar-refractivity contribution in [1.82, 2.24) is 5.32 Å². The van der Waals surface area contributed by atoms with E-state index >= 15 is 0 Å². The van der Waals surface area contributed by atoms with E-state index in [-0.39, 0.29) is 24.0 Å². The highest BCUT2D eigenvalue weighted by molar-refractivity contribution is 5.22. The first-order chi connectivity index (χ1) is 9.11. The van der Waals surface area contributed by atoms with E-state index < -0.39 is 5.82 Å². The van der Waals surface area contributed by atoms with Gasteiger partial charge < -0.3 is 10.1 Å². The number of rotatable bonds is 4. The molecule has 1 fully saturated rings. The maximum absolute atomic E-state index is 13.7. The summed E-state index contributed by atoms with van der Waals surface area (Å²) in [6.07, 6.45) is 4.51. The van der Waals surface area contributed by atoms with E-state index in [4.69, 9.17) is 4.74 Å². The predicted molar refractivity (Wildman–Crippen MR) is 71.0 cm³/mol. The number of benzene rings is 1. The summed E-state index contributed by atoms with van der Waals surface area (Å²) in [6.45, 7) is 1.86. The highest BCUT2D eigenvalue weighted by Gasteiger charge is 2.26. The zero-order valence-electron chi connectivity index (χ0n) is 11.5. The molecule has 3 unspecified atom stereocenters. The third-order valence-corrected chi connectivity index (χ3v) is 3.89. The first kappa shape index (κ1) is 14.4. The van der Waals surface area contributed by atoms with Gasteiger partial charge in [0.2, 0.25) is 0 Å². The summed E-state index contributed by atoms with van der Waals surface area (Å²) in [6, 6.07) is 3.56. The SMILES string of the molecule is COC1CCCCC1NC(C)c1cc(F)ccc1F. The molecule has 1 aromatic carbocycles. The maximum Gasteiger partial charge on any atom is 0.128 e. The molecule has 1 aliphatic rings. The summed E-state index contributed by atoms with van der Waals surface area (Å²) in [4.78, 5) is 0. The molecule has 0 spiro atoms. The minimum absolute atomic E-state index is 0.160. The van der Waals surface area contributed by atoms with Crippen molar-refractivity contribution in [2.24, 2.45) is 0 Å². The summed E-state index contributed by atoms with van der Waals surface area (Å²) in [5.41, 5.74) is 0.375. The van der Waals surface area contributed by atoms with Crippen molar-refractivity contribution in [1.29, 1.82) is 0 Å². The van der Waals surface area contributed by atoms with Gasteiger partial charge in [0.25, 0.3) is 0 Å². The normalized spacial score (nSPS) is 25.3. The molecule has 0 aromatic heterocycles. The van der Waals surface area contributed by atoms with Crippen molar-refractivity contribution in [3.63, 3.8) is 0 Å². The molecule has 3 atom stereocenters. The van der Waals surface area contributed by atoms with Gasteiger partial charge in [0, 0.05) is 24.8 Å². The van der Waals surface area contributed by atoms with Crippen LogP contribution in [0.1, 0.15) is 44.2 Å². The van der Waals surface area contributed by atoms with Crippen LogP contribution in [0, 0.1) is 11.6 Å². The zero-order chi connectivity index (χ0) is 13.8. The average Bonchev–Trinajstić information content (AvgIpc) is 2.42. The molecule has 1 N–H and O–H groups in total. The minimum atomic E-state index is -0.406.